The van der Waals surface area contributed by atoms with Gasteiger partial charge in [0, 0.05) is 13.2 Å². The van der Waals surface area contributed by atoms with Crippen molar-refractivity contribution in [1.82, 2.24) is 0 Å². The maximum absolute atomic E-state index is 11.6. The van der Waals surface area contributed by atoms with Gasteiger partial charge >= 0.3 is 0 Å². The molecule has 92 valence electrons. The van der Waals surface area contributed by atoms with Gasteiger partial charge in [0.2, 0.25) is 0 Å². The summed E-state index contributed by atoms with van der Waals surface area (Å²) in [5, 5.41) is 0. The minimum absolute atomic E-state index is 0.0331. The van der Waals surface area contributed by atoms with E-state index < -0.39 is 16.1 Å². The zero-order valence-corrected chi connectivity index (χ0v) is 10.7. The minimum Gasteiger partial charge on any atom is -0.352 e. The van der Waals surface area contributed by atoms with E-state index in [0.29, 0.717) is 19.6 Å². The summed E-state index contributed by atoms with van der Waals surface area (Å²) >= 11 is 0. The Kier molecular flexibility index (Phi) is 8.00. The highest BCUT2D eigenvalue weighted by molar-refractivity contribution is 7.91. The molecule has 0 saturated carbocycles. The molecule has 0 rings (SSSR count). The van der Waals surface area contributed by atoms with Gasteiger partial charge in [-0.25, -0.2) is 8.42 Å². The quantitative estimate of drug-likeness (QED) is 0.573. The Morgan fingerprint density at radius 1 is 1.07 bits per heavy atom. The van der Waals surface area contributed by atoms with E-state index in [1.165, 1.54) is 0 Å². The first-order valence-electron chi connectivity index (χ1n) is 5.49. The predicted molar refractivity (Wildman–Crippen MR) is 60.6 cm³/mol. The van der Waals surface area contributed by atoms with Crippen LogP contribution in [0.2, 0.25) is 0 Å². The van der Waals surface area contributed by atoms with Crippen molar-refractivity contribution >= 4 is 9.84 Å². The Morgan fingerprint density at radius 3 is 2.00 bits per heavy atom. The van der Waals surface area contributed by atoms with Crippen LogP contribution in [-0.4, -0.2) is 39.4 Å². The van der Waals surface area contributed by atoms with Gasteiger partial charge in [0.1, 0.15) is 5.75 Å². The topological polar surface area (TPSA) is 52.6 Å². The van der Waals surface area contributed by atoms with Crippen LogP contribution in [0.1, 0.15) is 33.6 Å². The summed E-state index contributed by atoms with van der Waals surface area (Å²) in [5.41, 5.74) is 0. The summed E-state index contributed by atoms with van der Waals surface area (Å²) in [7, 11) is -3.04. The van der Waals surface area contributed by atoms with Gasteiger partial charge in [-0.1, -0.05) is 13.3 Å². The smallest absolute Gasteiger partial charge is 0.171 e. The van der Waals surface area contributed by atoms with E-state index in [4.69, 9.17) is 9.47 Å². The molecule has 0 fully saturated rings. The zero-order chi connectivity index (χ0) is 11.7. The Balaban J connectivity index is 4.12. The van der Waals surface area contributed by atoms with E-state index in [1.54, 1.807) is 0 Å². The lowest BCUT2D eigenvalue weighted by atomic mass is 10.4. The summed E-state index contributed by atoms with van der Waals surface area (Å²) in [5.74, 6) is 0.189. The first-order chi connectivity index (χ1) is 7.05. The fourth-order valence-electron chi connectivity index (χ4n) is 1.17. The van der Waals surface area contributed by atoms with Crippen LogP contribution in [0.4, 0.5) is 0 Å². The predicted octanol–water partition coefficient (Wildman–Crippen LogP) is 1.60. The van der Waals surface area contributed by atoms with Crippen LogP contribution in [0.25, 0.3) is 0 Å². The van der Waals surface area contributed by atoms with E-state index in [0.717, 1.165) is 6.42 Å². The molecule has 0 radical (unpaired) electrons. The first kappa shape index (κ1) is 14.9. The molecule has 0 aliphatic rings. The monoisotopic (exact) mass is 238 g/mol. The van der Waals surface area contributed by atoms with Crippen LogP contribution in [0, 0.1) is 0 Å². The molecule has 0 N–H and O–H groups in total. The largest absolute Gasteiger partial charge is 0.352 e. The molecule has 0 aromatic rings. The lowest BCUT2D eigenvalue weighted by Crippen LogP contribution is -2.28. The summed E-state index contributed by atoms with van der Waals surface area (Å²) in [6.45, 7) is 6.55. The third kappa shape index (κ3) is 7.76. The fraction of sp³-hybridized carbons (Fsp3) is 1.00. The molecule has 4 nitrogen and oxygen atoms in total. The van der Waals surface area contributed by atoms with Gasteiger partial charge in [0.15, 0.2) is 16.1 Å². The highest BCUT2D eigenvalue weighted by Gasteiger charge is 2.19. The maximum Gasteiger partial charge on any atom is 0.171 e. The molecule has 0 aromatic heterocycles. The van der Waals surface area contributed by atoms with Crippen LogP contribution in [0.3, 0.4) is 0 Å². The van der Waals surface area contributed by atoms with E-state index in [-0.39, 0.29) is 11.5 Å². The maximum atomic E-state index is 11.6. The van der Waals surface area contributed by atoms with Gasteiger partial charge in [-0.2, -0.15) is 0 Å². The van der Waals surface area contributed by atoms with E-state index >= 15 is 0 Å². The van der Waals surface area contributed by atoms with Crippen LogP contribution < -0.4 is 0 Å². The Hall–Kier alpha value is -0.130. The molecule has 0 atom stereocenters. The van der Waals surface area contributed by atoms with Crippen molar-refractivity contribution in [3.63, 3.8) is 0 Å². The molecule has 0 saturated heterocycles. The highest BCUT2D eigenvalue weighted by Crippen LogP contribution is 2.04. The van der Waals surface area contributed by atoms with Gasteiger partial charge in [0.25, 0.3) is 0 Å². The summed E-state index contributed by atoms with van der Waals surface area (Å²) < 4.78 is 33.6. The molecule has 0 aliphatic heterocycles. The van der Waals surface area contributed by atoms with Gasteiger partial charge in [-0.15, -0.1) is 0 Å². The normalized spacial score (nSPS) is 12.3. The molecular formula is C10H22O4S. The lowest BCUT2D eigenvalue weighted by molar-refractivity contribution is -0.120. The second-order valence-electron chi connectivity index (χ2n) is 3.31. The van der Waals surface area contributed by atoms with Crippen molar-refractivity contribution < 1.29 is 17.9 Å². The van der Waals surface area contributed by atoms with Crippen LogP contribution in [0.5, 0.6) is 0 Å². The van der Waals surface area contributed by atoms with Crippen LogP contribution in [-0.2, 0) is 19.3 Å². The first-order valence-corrected chi connectivity index (χ1v) is 7.31. The van der Waals surface area contributed by atoms with Gasteiger partial charge in [0.05, 0.1) is 5.75 Å². The molecule has 0 aliphatic carbocycles. The van der Waals surface area contributed by atoms with Gasteiger partial charge in [-0.3, -0.25) is 0 Å². The number of sulfone groups is 1. The van der Waals surface area contributed by atoms with E-state index in [1.807, 2.05) is 20.8 Å². The molecule has 0 amide bonds. The van der Waals surface area contributed by atoms with E-state index in [2.05, 4.69) is 0 Å². The Bertz CT molecular complexity index is 230. The summed E-state index contributed by atoms with van der Waals surface area (Å²) in [6, 6.07) is 0. The summed E-state index contributed by atoms with van der Waals surface area (Å²) in [6.07, 6.45) is 0.974. The number of unbranched alkanes of at least 4 members (excludes halogenated alkanes) is 1. The van der Waals surface area contributed by atoms with Crippen LogP contribution >= 0.6 is 0 Å². The zero-order valence-electron chi connectivity index (χ0n) is 9.86. The third-order valence-corrected chi connectivity index (χ3v) is 3.59. The number of hydrogen-bond acceptors (Lipinski definition) is 4. The van der Waals surface area contributed by atoms with Crippen molar-refractivity contribution in [2.75, 3.05) is 24.7 Å². The Morgan fingerprint density at radius 2 is 1.60 bits per heavy atom. The molecule has 5 heteroatoms. The molecule has 15 heavy (non-hydrogen) atoms. The fourth-order valence-corrected chi connectivity index (χ4v) is 2.67. The van der Waals surface area contributed by atoms with Crippen molar-refractivity contribution in [3.05, 3.63) is 0 Å². The average Bonchev–Trinajstić information content (AvgIpc) is 2.15. The number of hydrogen-bond donors (Lipinski definition) is 0. The van der Waals surface area contributed by atoms with Gasteiger partial charge < -0.3 is 9.47 Å². The standard InChI is InChI=1S/C10H22O4S/c1-4-7-8-15(11,12)9-10(13-5-2)14-6-3/h10H,4-9H2,1-3H3. The summed E-state index contributed by atoms with van der Waals surface area (Å²) in [4.78, 5) is 0. The highest BCUT2D eigenvalue weighted by atomic mass is 32.2. The minimum atomic E-state index is -3.04. The third-order valence-electron chi connectivity index (χ3n) is 1.90. The van der Waals surface area contributed by atoms with Crippen molar-refractivity contribution in [3.8, 4) is 0 Å². The molecule has 0 spiro atoms. The molecular weight excluding hydrogens is 216 g/mol. The number of ether oxygens (including phenoxy) is 2. The van der Waals surface area contributed by atoms with Crippen molar-refractivity contribution in [2.45, 2.75) is 39.9 Å². The van der Waals surface area contributed by atoms with Crippen LogP contribution in [0.15, 0.2) is 0 Å². The average molecular weight is 238 g/mol. The molecule has 0 aromatic carbocycles. The molecule has 0 bridgehead atoms. The van der Waals surface area contributed by atoms with Crippen molar-refractivity contribution in [2.24, 2.45) is 0 Å². The SMILES string of the molecule is CCCCS(=O)(=O)CC(OCC)OCC. The number of rotatable bonds is 9. The van der Waals surface area contributed by atoms with E-state index in [9.17, 15) is 8.42 Å². The van der Waals surface area contributed by atoms with Gasteiger partial charge in [-0.05, 0) is 20.3 Å². The molecule has 0 heterocycles. The molecule has 0 unspecified atom stereocenters. The lowest BCUT2D eigenvalue weighted by Gasteiger charge is -2.16. The van der Waals surface area contributed by atoms with Crippen molar-refractivity contribution in [1.29, 1.82) is 0 Å². The second kappa shape index (κ2) is 8.07. The second-order valence-corrected chi connectivity index (χ2v) is 5.54. The Labute approximate surface area is 92.9 Å².